The third-order valence-corrected chi connectivity index (χ3v) is 3.82. The van der Waals surface area contributed by atoms with Crippen LogP contribution in [0.25, 0.3) is 16.9 Å². The summed E-state index contributed by atoms with van der Waals surface area (Å²) in [5, 5.41) is 11.1. The van der Waals surface area contributed by atoms with Gasteiger partial charge in [0.25, 0.3) is 5.91 Å². The van der Waals surface area contributed by atoms with Crippen LogP contribution in [0.4, 0.5) is 0 Å². The number of nitrogens with one attached hydrogen (secondary N) is 1. The molecular weight excluding hydrogens is 318 g/mol. The standard InChI is InChI=1S/C18H15N5O2/c24-18(20-11-9-15-3-2-12-25-15)13-5-7-14(8-6-13)23-17-16(21-22-23)4-1-10-19-17/h1-8,10,12H,9,11H2,(H,20,24). The highest BCUT2D eigenvalue weighted by Crippen LogP contribution is 2.14. The molecule has 0 fully saturated rings. The van der Waals surface area contributed by atoms with Crippen molar-refractivity contribution in [2.24, 2.45) is 0 Å². The highest BCUT2D eigenvalue weighted by Gasteiger charge is 2.09. The molecule has 0 saturated heterocycles. The van der Waals surface area contributed by atoms with Crippen LogP contribution < -0.4 is 5.32 Å². The molecule has 4 rings (SSSR count). The first-order chi connectivity index (χ1) is 12.3. The van der Waals surface area contributed by atoms with E-state index in [0.29, 0.717) is 24.2 Å². The Morgan fingerprint density at radius 3 is 2.80 bits per heavy atom. The summed E-state index contributed by atoms with van der Waals surface area (Å²) in [5.74, 6) is 0.723. The zero-order chi connectivity index (χ0) is 17.1. The van der Waals surface area contributed by atoms with E-state index in [1.807, 2.05) is 36.4 Å². The SMILES string of the molecule is O=C(NCCc1ccco1)c1ccc(-n2nnc3cccnc32)cc1. The molecule has 124 valence electrons. The van der Waals surface area contributed by atoms with E-state index in [2.05, 4.69) is 20.6 Å². The van der Waals surface area contributed by atoms with Gasteiger partial charge in [0.2, 0.25) is 0 Å². The van der Waals surface area contributed by atoms with Gasteiger partial charge >= 0.3 is 0 Å². The summed E-state index contributed by atoms with van der Waals surface area (Å²) in [4.78, 5) is 16.5. The fourth-order valence-corrected chi connectivity index (χ4v) is 2.55. The lowest BCUT2D eigenvalue weighted by Crippen LogP contribution is -2.25. The van der Waals surface area contributed by atoms with Crippen LogP contribution >= 0.6 is 0 Å². The maximum absolute atomic E-state index is 12.2. The third kappa shape index (κ3) is 3.12. The quantitative estimate of drug-likeness (QED) is 0.606. The van der Waals surface area contributed by atoms with E-state index in [4.69, 9.17) is 4.42 Å². The number of amides is 1. The number of benzene rings is 1. The van der Waals surface area contributed by atoms with Crippen LogP contribution in [0, 0.1) is 0 Å². The van der Waals surface area contributed by atoms with E-state index in [1.165, 1.54) is 0 Å². The van der Waals surface area contributed by atoms with Crippen LogP contribution in [0.1, 0.15) is 16.1 Å². The number of pyridine rings is 1. The van der Waals surface area contributed by atoms with E-state index < -0.39 is 0 Å². The Balaban J connectivity index is 1.45. The molecule has 3 heterocycles. The predicted molar refractivity (Wildman–Crippen MR) is 91.4 cm³/mol. The number of nitrogens with zero attached hydrogens (tertiary/aromatic N) is 4. The lowest BCUT2D eigenvalue weighted by Gasteiger charge is -2.06. The Morgan fingerprint density at radius 2 is 2.00 bits per heavy atom. The average Bonchev–Trinajstić information content (AvgIpc) is 3.31. The lowest BCUT2D eigenvalue weighted by molar-refractivity contribution is 0.0953. The van der Waals surface area contributed by atoms with E-state index in [9.17, 15) is 4.79 Å². The minimum absolute atomic E-state index is 0.125. The molecule has 1 aromatic carbocycles. The summed E-state index contributed by atoms with van der Waals surface area (Å²) in [6.45, 7) is 0.520. The number of carbonyl (C=O) groups is 1. The summed E-state index contributed by atoms with van der Waals surface area (Å²) < 4.78 is 6.89. The smallest absolute Gasteiger partial charge is 0.251 e. The fourth-order valence-electron chi connectivity index (χ4n) is 2.55. The van der Waals surface area contributed by atoms with Gasteiger partial charge in [-0.05, 0) is 48.5 Å². The van der Waals surface area contributed by atoms with Crippen LogP contribution in [-0.4, -0.2) is 32.4 Å². The Bertz CT molecular complexity index is 990. The van der Waals surface area contributed by atoms with Gasteiger partial charge in [0.1, 0.15) is 11.3 Å². The molecule has 7 heteroatoms. The van der Waals surface area contributed by atoms with Crippen LogP contribution in [0.15, 0.2) is 65.4 Å². The van der Waals surface area contributed by atoms with Crippen molar-refractivity contribution in [2.75, 3.05) is 6.54 Å². The van der Waals surface area contributed by atoms with Gasteiger partial charge in [-0.15, -0.1) is 5.10 Å². The van der Waals surface area contributed by atoms with Crippen molar-refractivity contribution < 1.29 is 9.21 Å². The van der Waals surface area contributed by atoms with Crippen molar-refractivity contribution in [1.29, 1.82) is 0 Å². The normalized spacial score (nSPS) is 10.9. The molecule has 0 radical (unpaired) electrons. The molecule has 25 heavy (non-hydrogen) atoms. The Hall–Kier alpha value is -3.48. The first kappa shape index (κ1) is 15.1. The largest absolute Gasteiger partial charge is 0.469 e. The molecule has 0 aliphatic heterocycles. The number of hydrogen-bond donors (Lipinski definition) is 1. The van der Waals surface area contributed by atoms with Gasteiger partial charge in [0, 0.05) is 24.7 Å². The Kier molecular flexibility index (Phi) is 3.96. The molecule has 0 spiro atoms. The van der Waals surface area contributed by atoms with Gasteiger partial charge in [-0.2, -0.15) is 4.68 Å². The molecule has 4 aromatic rings. The fraction of sp³-hybridized carbons (Fsp3) is 0.111. The van der Waals surface area contributed by atoms with Crippen molar-refractivity contribution >= 4 is 17.1 Å². The molecule has 0 atom stereocenters. The molecule has 0 saturated carbocycles. The highest BCUT2D eigenvalue weighted by atomic mass is 16.3. The number of fused-ring (bicyclic) bond motifs is 1. The number of hydrogen-bond acceptors (Lipinski definition) is 5. The summed E-state index contributed by atoms with van der Waals surface area (Å²) >= 11 is 0. The van der Waals surface area contributed by atoms with Crippen molar-refractivity contribution in [3.05, 3.63) is 72.3 Å². The van der Waals surface area contributed by atoms with E-state index in [1.54, 1.807) is 29.3 Å². The summed E-state index contributed by atoms with van der Waals surface area (Å²) in [6, 6.07) is 14.6. The summed E-state index contributed by atoms with van der Waals surface area (Å²) in [6.07, 6.45) is 3.98. The van der Waals surface area contributed by atoms with Crippen molar-refractivity contribution in [1.82, 2.24) is 25.3 Å². The minimum Gasteiger partial charge on any atom is -0.469 e. The third-order valence-electron chi connectivity index (χ3n) is 3.82. The van der Waals surface area contributed by atoms with Gasteiger partial charge in [-0.1, -0.05) is 5.21 Å². The zero-order valence-electron chi connectivity index (χ0n) is 13.3. The Morgan fingerprint density at radius 1 is 1.12 bits per heavy atom. The number of carbonyl (C=O) groups excluding carboxylic acids is 1. The first-order valence-electron chi connectivity index (χ1n) is 7.89. The van der Waals surface area contributed by atoms with Gasteiger partial charge in [-0.25, -0.2) is 4.98 Å². The van der Waals surface area contributed by atoms with Gasteiger partial charge in [-0.3, -0.25) is 4.79 Å². The maximum atomic E-state index is 12.2. The Labute approximate surface area is 143 Å². The van der Waals surface area contributed by atoms with Crippen LogP contribution in [0.2, 0.25) is 0 Å². The van der Waals surface area contributed by atoms with Crippen molar-refractivity contribution in [3.8, 4) is 5.69 Å². The minimum atomic E-state index is -0.125. The second-order valence-corrected chi connectivity index (χ2v) is 5.48. The molecule has 0 unspecified atom stereocenters. The number of rotatable bonds is 5. The predicted octanol–water partition coefficient (Wildman–Crippen LogP) is 2.38. The molecule has 0 aliphatic rings. The van der Waals surface area contributed by atoms with E-state index in [0.717, 1.165) is 17.0 Å². The summed E-state index contributed by atoms with van der Waals surface area (Å²) in [5.41, 5.74) is 2.79. The van der Waals surface area contributed by atoms with Gasteiger partial charge < -0.3 is 9.73 Å². The highest BCUT2D eigenvalue weighted by molar-refractivity contribution is 5.94. The molecule has 1 N–H and O–H groups in total. The van der Waals surface area contributed by atoms with E-state index >= 15 is 0 Å². The molecule has 7 nitrogen and oxygen atoms in total. The molecule has 3 aromatic heterocycles. The second kappa shape index (κ2) is 6.56. The second-order valence-electron chi connectivity index (χ2n) is 5.48. The monoisotopic (exact) mass is 333 g/mol. The molecule has 0 bridgehead atoms. The first-order valence-corrected chi connectivity index (χ1v) is 7.89. The van der Waals surface area contributed by atoms with Crippen LogP contribution in [-0.2, 0) is 6.42 Å². The molecule has 0 aliphatic carbocycles. The zero-order valence-corrected chi connectivity index (χ0v) is 13.3. The van der Waals surface area contributed by atoms with E-state index in [-0.39, 0.29) is 5.91 Å². The molecule has 1 amide bonds. The van der Waals surface area contributed by atoms with Crippen molar-refractivity contribution in [3.63, 3.8) is 0 Å². The van der Waals surface area contributed by atoms with Crippen LogP contribution in [0.5, 0.6) is 0 Å². The summed E-state index contributed by atoms with van der Waals surface area (Å²) in [7, 11) is 0. The lowest BCUT2D eigenvalue weighted by atomic mass is 10.2. The van der Waals surface area contributed by atoms with Gasteiger partial charge in [0.15, 0.2) is 5.65 Å². The van der Waals surface area contributed by atoms with Crippen LogP contribution in [0.3, 0.4) is 0 Å². The maximum Gasteiger partial charge on any atom is 0.251 e. The molecular formula is C18H15N5O2. The average molecular weight is 333 g/mol. The number of aromatic nitrogens is 4. The number of furan rings is 1. The van der Waals surface area contributed by atoms with Gasteiger partial charge in [0.05, 0.1) is 12.0 Å². The van der Waals surface area contributed by atoms with Crippen molar-refractivity contribution in [2.45, 2.75) is 6.42 Å². The topological polar surface area (TPSA) is 85.8 Å².